The summed E-state index contributed by atoms with van der Waals surface area (Å²) >= 11 is 0. The van der Waals surface area contributed by atoms with Crippen LogP contribution in [0.1, 0.15) is 53.4 Å². The van der Waals surface area contributed by atoms with E-state index in [1.807, 2.05) is 0 Å². The molecule has 0 N–H and O–H groups in total. The van der Waals surface area contributed by atoms with E-state index in [1.165, 1.54) is 38.8 Å². The minimum Gasteiger partial charge on any atom is -0.300 e. The molecule has 1 aliphatic heterocycles. The molecular weight excluding hydrogens is 182 g/mol. The lowest BCUT2D eigenvalue weighted by molar-refractivity contribution is 0.0209. The predicted molar refractivity (Wildman–Crippen MR) is 65.9 cm³/mol. The molecule has 2 aliphatic rings. The molecule has 0 radical (unpaired) electrons. The molecule has 1 heteroatoms. The lowest BCUT2D eigenvalue weighted by atomic mass is 9.57. The van der Waals surface area contributed by atoms with Crippen molar-refractivity contribution < 1.29 is 0 Å². The highest BCUT2D eigenvalue weighted by atomic mass is 15.2. The SMILES string of the molecule is CC(C)CC1CCC12CCN(C(C)C)C2. The first-order valence-electron chi connectivity index (χ1n) is 6.77. The van der Waals surface area contributed by atoms with E-state index in [0.29, 0.717) is 0 Å². The van der Waals surface area contributed by atoms with Crippen LogP contribution < -0.4 is 0 Å². The normalized spacial score (nSPS) is 36.8. The molecule has 0 aromatic rings. The Balaban J connectivity index is 1.92. The largest absolute Gasteiger partial charge is 0.300 e. The second-order valence-electron chi connectivity index (χ2n) is 6.54. The lowest BCUT2D eigenvalue weighted by Gasteiger charge is -2.48. The zero-order valence-electron chi connectivity index (χ0n) is 10.9. The standard InChI is InChI=1S/C14H27N/c1-11(2)9-13-5-6-14(13)7-8-15(10-14)12(3)4/h11-13H,5-10H2,1-4H3. The van der Waals surface area contributed by atoms with Gasteiger partial charge >= 0.3 is 0 Å². The zero-order chi connectivity index (χ0) is 11.1. The van der Waals surface area contributed by atoms with Gasteiger partial charge in [-0.25, -0.2) is 0 Å². The summed E-state index contributed by atoms with van der Waals surface area (Å²) in [4.78, 5) is 2.69. The maximum Gasteiger partial charge on any atom is 0.00438 e. The van der Waals surface area contributed by atoms with Gasteiger partial charge in [-0.05, 0) is 63.3 Å². The highest BCUT2D eigenvalue weighted by molar-refractivity contribution is 5.02. The summed E-state index contributed by atoms with van der Waals surface area (Å²) in [6.45, 7) is 12.2. The van der Waals surface area contributed by atoms with Gasteiger partial charge in [-0.2, -0.15) is 0 Å². The minimum atomic E-state index is 0.745. The van der Waals surface area contributed by atoms with E-state index in [1.54, 1.807) is 0 Å². The van der Waals surface area contributed by atoms with Crippen LogP contribution in [0.25, 0.3) is 0 Å². The van der Waals surface area contributed by atoms with Gasteiger partial charge in [0.05, 0.1) is 0 Å². The lowest BCUT2D eigenvalue weighted by Crippen LogP contribution is -2.44. The van der Waals surface area contributed by atoms with Crippen LogP contribution >= 0.6 is 0 Å². The van der Waals surface area contributed by atoms with Gasteiger partial charge in [-0.15, -0.1) is 0 Å². The first-order chi connectivity index (χ1) is 7.03. The van der Waals surface area contributed by atoms with Crippen LogP contribution in [0, 0.1) is 17.3 Å². The molecule has 2 rings (SSSR count). The Morgan fingerprint density at radius 2 is 1.93 bits per heavy atom. The van der Waals surface area contributed by atoms with E-state index in [0.717, 1.165) is 23.3 Å². The summed E-state index contributed by atoms with van der Waals surface area (Å²) in [5.74, 6) is 1.93. The minimum absolute atomic E-state index is 0.745. The Labute approximate surface area is 95.2 Å². The second-order valence-corrected chi connectivity index (χ2v) is 6.54. The van der Waals surface area contributed by atoms with Crippen molar-refractivity contribution in [3.8, 4) is 0 Å². The van der Waals surface area contributed by atoms with Crippen LogP contribution in [0.3, 0.4) is 0 Å². The van der Waals surface area contributed by atoms with Gasteiger partial charge in [-0.3, -0.25) is 0 Å². The smallest absolute Gasteiger partial charge is 0.00438 e. The molecule has 0 amide bonds. The molecule has 1 aliphatic carbocycles. The molecule has 1 saturated heterocycles. The average Bonchev–Trinajstić information content (AvgIpc) is 2.59. The maximum atomic E-state index is 2.69. The molecule has 0 aromatic heterocycles. The Morgan fingerprint density at radius 3 is 2.33 bits per heavy atom. The van der Waals surface area contributed by atoms with Crippen molar-refractivity contribution >= 4 is 0 Å². The third kappa shape index (κ3) is 2.08. The van der Waals surface area contributed by atoms with Crippen molar-refractivity contribution in [2.24, 2.45) is 17.3 Å². The topological polar surface area (TPSA) is 3.24 Å². The van der Waals surface area contributed by atoms with Crippen LogP contribution in [0.15, 0.2) is 0 Å². The molecule has 0 aromatic carbocycles. The summed E-state index contributed by atoms with van der Waals surface area (Å²) in [6.07, 6.45) is 5.95. The van der Waals surface area contributed by atoms with Gasteiger partial charge in [-0.1, -0.05) is 13.8 Å². The van der Waals surface area contributed by atoms with Gasteiger partial charge in [0.15, 0.2) is 0 Å². The Kier molecular flexibility index (Phi) is 3.12. The van der Waals surface area contributed by atoms with Crippen molar-refractivity contribution in [1.82, 2.24) is 4.90 Å². The molecule has 1 spiro atoms. The van der Waals surface area contributed by atoms with Gasteiger partial charge in [0.25, 0.3) is 0 Å². The molecule has 2 atom stereocenters. The van der Waals surface area contributed by atoms with Gasteiger partial charge in [0.1, 0.15) is 0 Å². The molecule has 1 saturated carbocycles. The van der Waals surface area contributed by atoms with Crippen molar-refractivity contribution in [2.75, 3.05) is 13.1 Å². The molecular formula is C14H27N. The summed E-state index contributed by atoms with van der Waals surface area (Å²) in [7, 11) is 0. The van der Waals surface area contributed by atoms with Crippen molar-refractivity contribution in [3.05, 3.63) is 0 Å². The van der Waals surface area contributed by atoms with E-state index in [2.05, 4.69) is 32.6 Å². The molecule has 1 heterocycles. The summed E-state index contributed by atoms with van der Waals surface area (Å²) in [5, 5.41) is 0. The fourth-order valence-electron chi connectivity index (χ4n) is 3.60. The van der Waals surface area contributed by atoms with Crippen molar-refractivity contribution in [1.29, 1.82) is 0 Å². The van der Waals surface area contributed by atoms with Crippen LogP contribution in [0.5, 0.6) is 0 Å². The van der Waals surface area contributed by atoms with Crippen molar-refractivity contribution in [3.63, 3.8) is 0 Å². The van der Waals surface area contributed by atoms with Crippen LogP contribution in [0.4, 0.5) is 0 Å². The molecule has 1 nitrogen and oxygen atoms in total. The summed E-state index contributed by atoms with van der Waals surface area (Å²) in [5.41, 5.74) is 0.745. The van der Waals surface area contributed by atoms with Crippen molar-refractivity contribution in [2.45, 2.75) is 59.4 Å². The Morgan fingerprint density at radius 1 is 1.20 bits per heavy atom. The highest BCUT2D eigenvalue weighted by Crippen LogP contribution is 2.55. The second kappa shape index (κ2) is 4.08. The quantitative estimate of drug-likeness (QED) is 0.687. The molecule has 2 fully saturated rings. The Bertz CT molecular complexity index is 221. The van der Waals surface area contributed by atoms with Gasteiger partial charge < -0.3 is 4.90 Å². The predicted octanol–water partition coefficient (Wildman–Crippen LogP) is 3.54. The van der Waals surface area contributed by atoms with Crippen LogP contribution in [-0.4, -0.2) is 24.0 Å². The van der Waals surface area contributed by atoms with Gasteiger partial charge in [0, 0.05) is 12.6 Å². The molecule has 88 valence electrons. The maximum absolute atomic E-state index is 2.69. The fraction of sp³-hybridized carbons (Fsp3) is 1.00. The van der Waals surface area contributed by atoms with Crippen LogP contribution in [0.2, 0.25) is 0 Å². The number of hydrogen-bond donors (Lipinski definition) is 0. The van der Waals surface area contributed by atoms with E-state index < -0.39 is 0 Å². The third-order valence-corrected chi connectivity index (χ3v) is 4.76. The number of hydrogen-bond acceptors (Lipinski definition) is 1. The average molecular weight is 209 g/mol. The van der Waals surface area contributed by atoms with E-state index in [-0.39, 0.29) is 0 Å². The number of rotatable bonds is 3. The van der Waals surface area contributed by atoms with Gasteiger partial charge in [0.2, 0.25) is 0 Å². The van der Waals surface area contributed by atoms with E-state index in [9.17, 15) is 0 Å². The molecule has 2 unspecified atom stereocenters. The molecule has 15 heavy (non-hydrogen) atoms. The first kappa shape index (κ1) is 11.4. The zero-order valence-corrected chi connectivity index (χ0v) is 10.9. The highest BCUT2D eigenvalue weighted by Gasteiger charge is 2.50. The number of nitrogens with zero attached hydrogens (tertiary/aromatic N) is 1. The van der Waals surface area contributed by atoms with E-state index in [4.69, 9.17) is 0 Å². The first-order valence-corrected chi connectivity index (χ1v) is 6.77. The summed E-state index contributed by atoms with van der Waals surface area (Å²) in [6, 6.07) is 0.754. The third-order valence-electron chi connectivity index (χ3n) is 4.76. The summed E-state index contributed by atoms with van der Waals surface area (Å²) < 4.78 is 0. The number of likely N-dealkylation sites (tertiary alicyclic amines) is 1. The van der Waals surface area contributed by atoms with E-state index >= 15 is 0 Å². The Hall–Kier alpha value is -0.0400. The van der Waals surface area contributed by atoms with Crippen LogP contribution in [-0.2, 0) is 0 Å². The molecule has 0 bridgehead atoms. The fourth-order valence-corrected chi connectivity index (χ4v) is 3.60. The monoisotopic (exact) mass is 209 g/mol.